The van der Waals surface area contributed by atoms with Crippen LogP contribution in [-0.4, -0.2) is 33.2 Å². The number of nitrogens with zero attached hydrogens (tertiary/aromatic N) is 3. The fourth-order valence-electron chi connectivity index (χ4n) is 3.40. The second kappa shape index (κ2) is 10.1. The van der Waals surface area contributed by atoms with E-state index in [9.17, 15) is 24.5 Å². The third kappa shape index (κ3) is 5.33. The Morgan fingerprint density at radius 3 is 2.43 bits per heavy atom. The predicted octanol–water partition coefficient (Wildman–Crippen LogP) is 3.80. The van der Waals surface area contributed by atoms with Gasteiger partial charge in [0.2, 0.25) is 0 Å². The maximum absolute atomic E-state index is 12.9. The van der Waals surface area contributed by atoms with Gasteiger partial charge in [-0.2, -0.15) is 5.10 Å². The lowest BCUT2D eigenvalue weighted by atomic mass is 10.1. The van der Waals surface area contributed by atoms with Crippen LogP contribution in [0.3, 0.4) is 0 Å². The van der Waals surface area contributed by atoms with E-state index in [0.717, 1.165) is 16.3 Å². The molecule has 0 fully saturated rings. The van der Waals surface area contributed by atoms with Gasteiger partial charge in [-0.05, 0) is 23.8 Å². The van der Waals surface area contributed by atoms with Crippen LogP contribution in [0.5, 0.6) is 0 Å². The zero-order valence-corrected chi connectivity index (χ0v) is 18.8. The maximum Gasteiger partial charge on any atom is 0.359 e. The number of carbonyl (C=O) groups excluding carboxylic acids is 2. The number of anilines is 1. The Kier molecular flexibility index (Phi) is 6.83. The van der Waals surface area contributed by atoms with Gasteiger partial charge in [0, 0.05) is 16.5 Å². The molecule has 4 aromatic rings. The number of ether oxygens (including phenoxy) is 1. The summed E-state index contributed by atoms with van der Waals surface area (Å²) < 4.78 is 6.27. The summed E-state index contributed by atoms with van der Waals surface area (Å²) in [6.07, 6.45) is 0. The highest BCUT2D eigenvalue weighted by Crippen LogP contribution is 2.27. The molecular formula is C24H17ClN4O6. The summed E-state index contributed by atoms with van der Waals surface area (Å²) in [5, 5.41) is 18.4. The molecule has 1 amide bonds. The average Bonchev–Trinajstić information content (AvgIpc) is 2.86. The molecule has 0 bridgehead atoms. The summed E-state index contributed by atoms with van der Waals surface area (Å²) in [4.78, 5) is 48.6. The highest BCUT2D eigenvalue weighted by atomic mass is 35.5. The number of halogens is 1. The number of aromatic nitrogens is 2. The second-order valence-electron chi connectivity index (χ2n) is 7.39. The van der Waals surface area contributed by atoms with Crippen molar-refractivity contribution in [1.82, 2.24) is 9.78 Å². The minimum absolute atomic E-state index is 0.0968. The largest absolute Gasteiger partial charge is 0.451 e. The van der Waals surface area contributed by atoms with Gasteiger partial charge in [-0.15, -0.1) is 0 Å². The van der Waals surface area contributed by atoms with E-state index in [2.05, 4.69) is 10.4 Å². The summed E-state index contributed by atoms with van der Waals surface area (Å²) in [6.45, 7) is -0.599. The van der Waals surface area contributed by atoms with Gasteiger partial charge >= 0.3 is 5.97 Å². The fourth-order valence-corrected chi connectivity index (χ4v) is 3.56. The molecule has 0 aliphatic rings. The molecule has 11 heteroatoms. The van der Waals surface area contributed by atoms with E-state index in [4.69, 9.17) is 16.3 Å². The zero-order chi connectivity index (χ0) is 24.9. The number of esters is 1. The van der Waals surface area contributed by atoms with Crippen LogP contribution in [0.4, 0.5) is 11.4 Å². The molecule has 176 valence electrons. The average molecular weight is 493 g/mol. The molecule has 10 nitrogen and oxygen atoms in total. The first-order valence-electron chi connectivity index (χ1n) is 10.3. The quantitative estimate of drug-likeness (QED) is 0.235. The van der Waals surface area contributed by atoms with E-state index in [1.807, 2.05) is 30.3 Å². The first-order valence-corrected chi connectivity index (χ1v) is 10.7. The molecule has 0 atom stereocenters. The Labute approximate surface area is 202 Å². The first-order chi connectivity index (χ1) is 16.8. The monoisotopic (exact) mass is 492 g/mol. The van der Waals surface area contributed by atoms with Crippen molar-refractivity contribution in [2.45, 2.75) is 6.54 Å². The van der Waals surface area contributed by atoms with Crippen molar-refractivity contribution in [3.63, 3.8) is 0 Å². The number of nitro groups is 1. The number of nitrogens with one attached hydrogen (secondary N) is 1. The van der Waals surface area contributed by atoms with Crippen LogP contribution in [0.1, 0.15) is 16.1 Å². The smallest absolute Gasteiger partial charge is 0.359 e. The van der Waals surface area contributed by atoms with Crippen molar-refractivity contribution in [3.05, 3.63) is 110 Å². The van der Waals surface area contributed by atoms with E-state index in [-0.39, 0.29) is 39.3 Å². The number of nitro benzene ring substituents is 1. The number of benzene rings is 3. The van der Waals surface area contributed by atoms with Gasteiger partial charge in [-0.3, -0.25) is 19.7 Å². The predicted molar refractivity (Wildman–Crippen MR) is 129 cm³/mol. The van der Waals surface area contributed by atoms with E-state index in [1.165, 1.54) is 12.1 Å². The molecule has 4 rings (SSSR count). The van der Waals surface area contributed by atoms with Gasteiger partial charge in [0.15, 0.2) is 12.3 Å². The van der Waals surface area contributed by atoms with E-state index in [1.54, 1.807) is 24.3 Å². The van der Waals surface area contributed by atoms with Crippen LogP contribution in [-0.2, 0) is 16.1 Å². The number of rotatable bonds is 7. The second-order valence-corrected chi connectivity index (χ2v) is 7.82. The Balaban J connectivity index is 1.56. The van der Waals surface area contributed by atoms with Crippen LogP contribution >= 0.6 is 11.6 Å². The van der Waals surface area contributed by atoms with Crippen molar-refractivity contribution in [1.29, 1.82) is 0 Å². The number of carbonyl (C=O) groups is 2. The summed E-state index contributed by atoms with van der Waals surface area (Å²) >= 11 is 5.77. The summed E-state index contributed by atoms with van der Waals surface area (Å²) in [5.74, 6) is -1.73. The van der Waals surface area contributed by atoms with Gasteiger partial charge in [-0.25, -0.2) is 9.48 Å². The zero-order valence-electron chi connectivity index (χ0n) is 18.0. The van der Waals surface area contributed by atoms with Crippen LogP contribution in [0.2, 0.25) is 5.02 Å². The van der Waals surface area contributed by atoms with Gasteiger partial charge in [0.05, 0.1) is 16.9 Å². The SMILES string of the molecule is O=C(COC(=O)c1nn(Cc2ccccc2)c(=O)c2ccccc12)Nc1ccc(Cl)cc1[N+](=O)[O-]. The Bertz CT molecular complexity index is 1500. The molecule has 0 spiro atoms. The number of fused-ring (bicyclic) bond motifs is 1. The van der Waals surface area contributed by atoms with Crippen LogP contribution < -0.4 is 10.9 Å². The van der Waals surface area contributed by atoms with Crippen molar-refractivity contribution in [2.24, 2.45) is 0 Å². The molecule has 1 N–H and O–H groups in total. The van der Waals surface area contributed by atoms with Crippen molar-refractivity contribution >= 4 is 45.6 Å². The third-order valence-electron chi connectivity index (χ3n) is 5.00. The van der Waals surface area contributed by atoms with Crippen molar-refractivity contribution in [3.8, 4) is 0 Å². The number of amides is 1. The molecular weight excluding hydrogens is 476 g/mol. The van der Waals surface area contributed by atoms with Crippen LogP contribution in [0.25, 0.3) is 10.8 Å². The molecule has 0 radical (unpaired) electrons. The van der Waals surface area contributed by atoms with Crippen molar-refractivity contribution < 1.29 is 19.2 Å². The van der Waals surface area contributed by atoms with Crippen LogP contribution in [0, 0.1) is 10.1 Å². The highest BCUT2D eigenvalue weighted by Gasteiger charge is 2.21. The Morgan fingerprint density at radius 1 is 1.03 bits per heavy atom. The molecule has 0 aliphatic carbocycles. The molecule has 1 heterocycles. The van der Waals surface area contributed by atoms with E-state index in [0.29, 0.717) is 0 Å². The van der Waals surface area contributed by atoms with Crippen LogP contribution in [0.15, 0.2) is 77.6 Å². The molecule has 0 aliphatic heterocycles. The molecule has 1 aromatic heterocycles. The van der Waals surface area contributed by atoms with Crippen molar-refractivity contribution in [2.75, 3.05) is 11.9 Å². The number of hydrogen-bond donors (Lipinski definition) is 1. The van der Waals surface area contributed by atoms with Gasteiger partial charge in [-0.1, -0.05) is 60.1 Å². The lowest BCUT2D eigenvalue weighted by Crippen LogP contribution is -2.28. The summed E-state index contributed by atoms with van der Waals surface area (Å²) in [6, 6.07) is 19.3. The van der Waals surface area contributed by atoms with Gasteiger partial charge < -0.3 is 10.1 Å². The third-order valence-corrected chi connectivity index (χ3v) is 5.24. The normalized spacial score (nSPS) is 10.7. The molecule has 3 aromatic carbocycles. The minimum Gasteiger partial charge on any atom is -0.451 e. The molecule has 35 heavy (non-hydrogen) atoms. The molecule has 0 saturated heterocycles. The van der Waals surface area contributed by atoms with Gasteiger partial charge in [0.1, 0.15) is 5.69 Å². The first kappa shape index (κ1) is 23.6. The topological polar surface area (TPSA) is 133 Å². The molecule has 0 saturated carbocycles. The Morgan fingerprint density at radius 2 is 1.71 bits per heavy atom. The lowest BCUT2D eigenvalue weighted by molar-refractivity contribution is -0.383. The maximum atomic E-state index is 12.9. The lowest BCUT2D eigenvalue weighted by Gasteiger charge is -2.11. The number of hydrogen-bond acceptors (Lipinski definition) is 7. The standard InChI is InChI=1S/C24H17ClN4O6/c25-16-10-11-19(20(12-16)29(33)34)26-21(30)14-35-24(32)22-17-8-4-5-9-18(17)23(31)28(27-22)13-15-6-2-1-3-7-15/h1-12H,13-14H2,(H,26,30). The van der Waals surface area contributed by atoms with E-state index < -0.39 is 29.1 Å². The summed E-state index contributed by atoms with van der Waals surface area (Å²) in [7, 11) is 0. The van der Waals surface area contributed by atoms with Gasteiger partial charge in [0.25, 0.3) is 17.2 Å². The summed E-state index contributed by atoms with van der Waals surface area (Å²) in [5.41, 5.74) is -0.214. The fraction of sp³-hybridized carbons (Fsp3) is 0.0833. The minimum atomic E-state index is -0.927. The highest BCUT2D eigenvalue weighted by molar-refractivity contribution is 6.31. The molecule has 0 unspecified atom stereocenters. The van der Waals surface area contributed by atoms with E-state index >= 15 is 0 Å². The Hall–Kier alpha value is -4.57.